The SMILES string of the molecule is CC(C#N)(Cn1nc2cccc(Cl)c2n1)NC(=O)c1ccc(C(F)(F)F)cc1. The topological polar surface area (TPSA) is 83.6 Å². The predicted octanol–water partition coefficient (Wildman–Crippen LogP) is 3.82. The van der Waals surface area contributed by atoms with Crippen molar-refractivity contribution in [3.63, 3.8) is 0 Å². The van der Waals surface area contributed by atoms with Crippen molar-refractivity contribution in [3.8, 4) is 6.07 Å². The first kappa shape index (κ1) is 19.6. The van der Waals surface area contributed by atoms with E-state index in [1.165, 1.54) is 11.7 Å². The third-order valence-electron chi connectivity index (χ3n) is 3.97. The Bertz CT molecular complexity index is 1070. The number of nitriles is 1. The average molecular weight is 408 g/mol. The number of nitrogens with one attached hydrogen (secondary N) is 1. The average Bonchev–Trinajstić information content (AvgIpc) is 3.04. The summed E-state index contributed by atoms with van der Waals surface area (Å²) in [6.07, 6.45) is -4.49. The van der Waals surface area contributed by atoms with Crippen LogP contribution in [-0.2, 0) is 12.7 Å². The van der Waals surface area contributed by atoms with E-state index in [4.69, 9.17) is 11.6 Å². The molecule has 0 aliphatic carbocycles. The van der Waals surface area contributed by atoms with E-state index in [0.29, 0.717) is 16.1 Å². The van der Waals surface area contributed by atoms with Crippen molar-refractivity contribution in [1.29, 1.82) is 5.26 Å². The van der Waals surface area contributed by atoms with Gasteiger partial charge >= 0.3 is 6.18 Å². The Balaban J connectivity index is 1.78. The Kier molecular flexibility index (Phi) is 5.00. The zero-order valence-electron chi connectivity index (χ0n) is 14.5. The third kappa shape index (κ3) is 4.07. The Labute approximate surface area is 162 Å². The molecule has 0 radical (unpaired) electrons. The van der Waals surface area contributed by atoms with Gasteiger partial charge in [0.1, 0.15) is 16.6 Å². The second-order valence-electron chi connectivity index (χ2n) is 6.31. The lowest BCUT2D eigenvalue weighted by atomic mass is 10.0. The highest BCUT2D eigenvalue weighted by molar-refractivity contribution is 6.34. The van der Waals surface area contributed by atoms with Crippen LogP contribution >= 0.6 is 11.6 Å². The van der Waals surface area contributed by atoms with Crippen LogP contribution in [0, 0.1) is 11.3 Å². The monoisotopic (exact) mass is 407 g/mol. The van der Waals surface area contributed by atoms with E-state index in [1.807, 2.05) is 6.07 Å². The van der Waals surface area contributed by atoms with Gasteiger partial charge in [0.25, 0.3) is 5.91 Å². The molecule has 1 unspecified atom stereocenters. The van der Waals surface area contributed by atoms with Crippen molar-refractivity contribution in [3.05, 3.63) is 58.6 Å². The van der Waals surface area contributed by atoms with Gasteiger partial charge in [0.2, 0.25) is 0 Å². The van der Waals surface area contributed by atoms with Gasteiger partial charge in [-0.1, -0.05) is 17.7 Å². The molecular weight excluding hydrogens is 395 g/mol. The summed E-state index contributed by atoms with van der Waals surface area (Å²) < 4.78 is 37.9. The first-order valence-electron chi connectivity index (χ1n) is 8.02. The van der Waals surface area contributed by atoms with Gasteiger partial charge in [0, 0.05) is 5.56 Å². The Morgan fingerprint density at radius 2 is 1.89 bits per heavy atom. The van der Waals surface area contributed by atoms with Crippen LogP contribution in [0.3, 0.4) is 0 Å². The maximum Gasteiger partial charge on any atom is 0.416 e. The first-order valence-corrected chi connectivity index (χ1v) is 8.39. The molecule has 0 aliphatic heterocycles. The highest BCUT2D eigenvalue weighted by Crippen LogP contribution is 2.29. The molecule has 0 saturated heterocycles. The normalized spacial score (nSPS) is 13.7. The molecule has 1 atom stereocenters. The van der Waals surface area contributed by atoms with E-state index in [1.54, 1.807) is 18.2 Å². The number of hydrogen-bond donors (Lipinski definition) is 1. The molecule has 0 spiro atoms. The molecule has 0 saturated carbocycles. The van der Waals surface area contributed by atoms with Gasteiger partial charge in [-0.05, 0) is 43.3 Å². The van der Waals surface area contributed by atoms with E-state index < -0.39 is 23.2 Å². The summed E-state index contributed by atoms with van der Waals surface area (Å²) in [4.78, 5) is 13.6. The summed E-state index contributed by atoms with van der Waals surface area (Å²) in [6.45, 7) is 1.38. The zero-order valence-corrected chi connectivity index (χ0v) is 15.2. The van der Waals surface area contributed by atoms with Crippen LogP contribution in [0.2, 0.25) is 5.02 Å². The largest absolute Gasteiger partial charge is 0.416 e. The summed E-state index contributed by atoms with van der Waals surface area (Å²) in [5, 5.41) is 20.9. The van der Waals surface area contributed by atoms with Crippen LogP contribution in [0.5, 0.6) is 0 Å². The fourth-order valence-corrected chi connectivity index (χ4v) is 2.74. The quantitative estimate of drug-likeness (QED) is 0.712. The second kappa shape index (κ2) is 7.13. The van der Waals surface area contributed by atoms with Crippen LogP contribution < -0.4 is 5.32 Å². The number of amides is 1. The first-order chi connectivity index (χ1) is 13.1. The minimum atomic E-state index is -4.49. The molecule has 1 amide bonds. The van der Waals surface area contributed by atoms with Gasteiger partial charge in [-0.2, -0.15) is 33.4 Å². The summed E-state index contributed by atoms with van der Waals surface area (Å²) in [7, 11) is 0. The number of carbonyl (C=O) groups is 1. The molecule has 1 aromatic heterocycles. The van der Waals surface area contributed by atoms with Crippen molar-refractivity contribution < 1.29 is 18.0 Å². The molecule has 2 aromatic carbocycles. The molecule has 6 nitrogen and oxygen atoms in total. The smallest absolute Gasteiger partial charge is 0.332 e. The number of hydrogen-bond acceptors (Lipinski definition) is 4. The number of nitrogens with zero attached hydrogens (tertiary/aromatic N) is 4. The lowest BCUT2D eigenvalue weighted by Gasteiger charge is -2.22. The zero-order chi connectivity index (χ0) is 20.5. The van der Waals surface area contributed by atoms with Crippen LogP contribution in [0.1, 0.15) is 22.8 Å². The number of benzene rings is 2. The van der Waals surface area contributed by atoms with Crippen LogP contribution in [0.15, 0.2) is 42.5 Å². The van der Waals surface area contributed by atoms with E-state index in [0.717, 1.165) is 24.3 Å². The molecule has 1 heterocycles. The number of halogens is 4. The van der Waals surface area contributed by atoms with Gasteiger partial charge < -0.3 is 5.32 Å². The van der Waals surface area contributed by atoms with Crippen molar-refractivity contribution in [2.45, 2.75) is 25.2 Å². The van der Waals surface area contributed by atoms with E-state index in [2.05, 4.69) is 15.5 Å². The molecule has 3 rings (SSSR count). The summed E-state index contributed by atoms with van der Waals surface area (Å²) in [5.41, 5.74) is -1.28. The molecule has 0 fully saturated rings. The lowest BCUT2D eigenvalue weighted by molar-refractivity contribution is -0.137. The second-order valence-corrected chi connectivity index (χ2v) is 6.72. The molecule has 0 bridgehead atoms. The Morgan fingerprint density at radius 1 is 1.21 bits per heavy atom. The summed E-state index contributed by atoms with van der Waals surface area (Å²) in [5.74, 6) is -0.687. The maximum absolute atomic E-state index is 12.6. The molecule has 1 N–H and O–H groups in total. The van der Waals surface area contributed by atoms with Crippen molar-refractivity contribution in [1.82, 2.24) is 20.3 Å². The molecular formula is C18H13ClF3N5O. The van der Waals surface area contributed by atoms with Crippen LogP contribution in [-0.4, -0.2) is 26.4 Å². The lowest BCUT2D eigenvalue weighted by Crippen LogP contribution is -2.48. The molecule has 10 heteroatoms. The van der Waals surface area contributed by atoms with E-state index >= 15 is 0 Å². The highest BCUT2D eigenvalue weighted by Gasteiger charge is 2.31. The Morgan fingerprint density at radius 3 is 2.46 bits per heavy atom. The third-order valence-corrected chi connectivity index (χ3v) is 4.28. The van der Waals surface area contributed by atoms with Gasteiger partial charge in [-0.15, -0.1) is 0 Å². The maximum atomic E-state index is 12.6. The highest BCUT2D eigenvalue weighted by atomic mass is 35.5. The van der Waals surface area contributed by atoms with Crippen LogP contribution in [0.25, 0.3) is 11.0 Å². The van der Waals surface area contributed by atoms with Crippen molar-refractivity contribution >= 4 is 28.5 Å². The molecule has 0 aliphatic rings. The standard InChI is InChI=1S/C18H13ClF3N5O/c1-17(9-23,10-27-25-14-4-2-3-13(19)15(14)26-27)24-16(28)11-5-7-12(8-6-11)18(20,21)22/h2-8H,10H2,1H3,(H,24,28). The minimum absolute atomic E-state index is 0.00361. The Hall–Kier alpha value is -3.12. The number of rotatable bonds is 4. The number of alkyl halides is 3. The number of fused-ring (bicyclic) bond motifs is 1. The predicted molar refractivity (Wildman–Crippen MR) is 95.5 cm³/mol. The van der Waals surface area contributed by atoms with Crippen molar-refractivity contribution in [2.75, 3.05) is 0 Å². The summed E-state index contributed by atoms with van der Waals surface area (Å²) >= 11 is 6.05. The summed E-state index contributed by atoms with van der Waals surface area (Å²) in [6, 6.07) is 10.8. The van der Waals surface area contributed by atoms with E-state index in [-0.39, 0.29) is 12.1 Å². The van der Waals surface area contributed by atoms with Gasteiger partial charge in [0.15, 0.2) is 0 Å². The minimum Gasteiger partial charge on any atom is -0.332 e. The number of aromatic nitrogens is 3. The fourth-order valence-electron chi connectivity index (χ4n) is 2.54. The van der Waals surface area contributed by atoms with Gasteiger partial charge in [-0.3, -0.25) is 4.79 Å². The van der Waals surface area contributed by atoms with Gasteiger partial charge in [-0.25, -0.2) is 0 Å². The van der Waals surface area contributed by atoms with Crippen LogP contribution in [0.4, 0.5) is 13.2 Å². The molecule has 28 heavy (non-hydrogen) atoms. The number of carbonyl (C=O) groups excluding carboxylic acids is 1. The fraction of sp³-hybridized carbons (Fsp3) is 0.222. The van der Waals surface area contributed by atoms with Gasteiger partial charge in [0.05, 0.1) is 23.2 Å². The van der Waals surface area contributed by atoms with Crippen molar-refractivity contribution in [2.24, 2.45) is 0 Å². The van der Waals surface area contributed by atoms with E-state index in [9.17, 15) is 23.2 Å². The molecule has 144 valence electrons. The molecule has 3 aromatic rings.